The summed E-state index contributed by atoms with van der Waals surface area (Å²) in [4.78, 5) is 0. The third-order valence-corrected chi connectivity index (χ3v) is 9.66. The molecular weight excluding hydrogens is 541 g/mol. The Bertz CT molecular complexity index is 1400. The van der Waals surface area contributed by atoms with E-state index in [2.05, 4.69) is 25.7 Å². The van der Waals surface area contributed by atoms with Crippen LogP contribution in [0.25, 0.3) is 27.8 Å². The molecule has 43 heavy (non-hydrogen) atoms. The first kappa shape index (κ1) is 31.2. The van der Waals surface area contributed by atoms with E-state index in [1.54, 1.807) is 24.3 Å². The molecule has 3 aromatic carbocycles. The zero-order valence-corrected chi connectivity index (χ0v) is 25.5. The summed E-state index contributed by atoms with van der Waals surface area (Å²) < 4.78 is 50.6. The SMILES string of the molecule is C=CC1CCC(C2CC=C(c3ccc(-c4ccc(-c5ccc(OCCCCCCC)c(F)c5F)cc4)cc3F)CC2)CC1. The van der Waals surface area contributed by atoms with Crippen LogP contribution in [0.1, 0.15) is 89.5 Å². The standard InChI is InChI=1S/C39H45F3O/c1-3-5-6-7-8-25-43-37-24-23-35(38(41)39(37)42)32-19-15-30(16-20-32)33-21-22-34(36(40)26-33)31-17-13-29(14-18-31)28-11-9-27(4-2)10-12-28/h4,15-17,19-24,26-29H,2-3,5-14,18,25H2,1H3. The summed E-state index contributed by atoms with van der Waals surface area (Å²) in [6.07, 6.45) is 17.8. The number of allylic oxidation sites excluding steroid dienone is 3. The largest absolute Gasteiger partial charge is 0.490 e. The van der Waals surface area contributed by atoms with E-state index in [4.69, 9.17) is 4.74 Å². The Kier molecular flexibility index (Phi) is 10.8. The number of hydrogen-bond donors (Lipinski definition) is 0. The maximum Gasteiger partial charge on any atom is 0.201 e. The van der Waals surface area contributed by atoms with Gasteiger partial charge >= 0.3 is 0 Å². The van der Waals surface area contributed by atoms with Gasteiger partial charge in [-0.3, -0.25) is 0 Å². The fourth-order valence-electron chi connectivity index (χ4n) is 6.93. The van der Waals surface area contributed by atoms with Gasteiger partial charge in [-0.25, -0.2) is 8.78 Å². The summed E-state index contributed by atoms with van der Waals surface area (Å²) in [5.74, 6) is 0.0219. The molecule has 5 rings (SSSR count). The first-order chi connectivity index (χ1) is 21.0. The third-order valence-electron chi connectivity index (χ3n) is 9.66. The number of unbranched alkanes of at least 4 members (excludes halogenated alkanes) is 4. The fourth-order valence-corrected chi connectivity index (χ4v) is 6.93. The average molecular weight is 587 g/mol. The van der Waals surface area contributed by atoms with Crippen LogP contribution in [-0.2, 0) is 0 Å². The topological polar surface area (TPSA) is 9.23 Å². The molecule has 0 N–H and O–H groups in total. The molecule has 0 spiro atoms. The Balaban J connectivity index is 1.21. The fraction of sp³-hybridized carbons (Fsp3) is 0.436. The van der Waals surface area contributed by atoms with Crippen LogP contribution in [0, 0.1) is 35.2 Å². The molecule has 0 bridgehead atoms. The van der Waals surface area contributed by atoms with Crippen molar-refractivity contribution in [1.29, 1.82) is 0 Å². The molecule has 1 saturated carbocycles. The van der Waals surface area contributed by atoms with E-state index in [1.165, 1.54) is 38.2 Å². The van der Waals surface area contributed by atoms with E-state index in [-0.39, 0.29) is 17.1 Å². The zero-order chi connectivity index (χ0) is 30.2. The van der Waals surface area contributed by atoms with Gasteiger partial charge in [0.1, 0.15) is 5.82 Å². The molecule has 0 radical (unpaired) electrons. The van der Waals surface area contributed by atoms with Gasteiger partial charge in [0, 0.05) is 11.1 Å². The van der Waals surface area contributed by atoms with Crippen LogP contribution >= 0.6 is 0 Å². The zero-order valence-electron chi connectivity index (χ0n) is 25.5. The predicted molar refractivity (Wildman–Crippen MR) is 172 cm³/mol. The van der Waals surface area contributed by atoms with Crippen molar-refractivity contribution < 1.29 is 17.9 Å². The van der Waals surface area contributed by atoms with E-state index in [1.807, 2.05) is 24.3 Å². The molecule has 0 amide bonds. The molecule has 2 aliphatic rings. The van der Waals surface area contributed by atoms with Gasteiger partial charge in [-0.05, 0) is 110 Å². The monoisotopic (exact) mass is 586 g/mol. The van der Waals surface area contributed by atoms with Crippen molar-refractivity contribution in [2.24, 2.45) is 17.8 Å². The van der Waals surface area contributed by atoms with E-state index in [0.29, 0.717) is 29.6 Å². The van der Waals surface area contributed by atoms with Gasteiger partial charge in [0.05, 0.1) is 6.61 Å². The lowest BCUT2D eigenvalue weighted by Crippen LogP contribution is -2.22. The van der Waals surface area contributed by atoms with Gasteiger partial charge < -0.3 is 4.74 Å². The molecule has 1 unspecified atom stereocenters. The molecule has 1 fully saturated rings. The molecular formula is C39H45F3O. The molecule has 1 atom stereocenters. The smallest absolute Gasteiger partial charge is 0.201 e. The van der Waals surface area contributed by atoms with Crippen LogP contribution in [0.5, 0.6) is 5.75 Å². The average Bonchev–Trinajstić information content (AvgIpc) is 3.05. The molecule has 0 aliphatic heterocycles. The highest BCUT2D eigenvalue weighted by Gasteiger charge is 2.28. The van der Waals surface area contributed by atoms with Gasteiger partial charge in [-0.2, -0.15) is 4.39 Å². The Morgan fingerprint density at radius 3 is 2.12 bits per heavy atom. The lowest BCUT2D eigenvalue weighted by Gasteiger charge is -2.34. The normalized spacial score (nSPS) is 20.5. The number of benzene rings is 3. The molecule has 0 aromatic heterocycles. The van der Waals surface area contributed by atoms with Gasteiger partial charge in [-0.1, -0.05) is 81.2 Å². The van der Waals surface area contributed by atoms with Crippen molar-refractivity contribution in [3.8, 4) is 28.0 Å². The van der Waals surface area contributed by atoms with E-state index >= 15 is 4.39 Å². The molecule has 3 aromatic rings. The van der Waals surface area contributed by atoms with Gasteiger partial charge in [0.15, 0.2) is 11.6 Å². The van der Waals surface area contributed by atoms with Crippen molar-refractivity contribution in [3.05, 3.63) is 96.3 Å². The van der Waals surface area contributed by atoms with Gasteiger partial charge in [-0.15, -0.1) is 6.58 Å². The predicted octanol–water partition coefficient (Wildman–Crippen LogP) is 12.0. The maximum atomic E-state index is 15.3. The summed E-state index contributed by atoms with van der Waals surface area (Å²) in [6, 6.07) is 15.6. The lowest BCUT2D eigenvalue weighted by atomic mass is 9.71. The number of rotatable bonds is 12. The van der Waals surface area contributed by atoms with Crippen molar-refractivity contribution in [2.75, 3.05) is 6.61 Å². The highest BCUT2D eigenvalue weighted by molar-refractivity contribution is 5.74. The summed E-state index contributed by atoms with van der Waals surface area (Å²) in [6.45, 7) is 6.49. The number of halogens is 3. The Morgan fingerprint density at radius 1 is 0.744 bits per heavy atom. The van der Waals surface area contributed by atoms with Gasteiger partial charge in [0.25, 0.3) is 0 Å². The van der Waals surface area contributed by atoms with Crippen LogP contribution in [0.4, 0.5) is 13.2 Å². The number of hydrogen-bond acceptors (Lipinski definition) is 1. The van der Waals surface area contributed by atoms with Crippen LogP contribution < -0.4 is 4.74 Å². The first-order valence-electron chi connectivity index (χ1n) is 16.3. The molecule has 4 heteroatoms. The maximum absolute atomic E-state index is 15.3. The van der Waals surface area contributed by atoms with E-state index < -0.39 is 11.6 Å². The Morgan fingerprint density at radius 2 is 1.44 bits per heavy atom. The highest BCUT2D eigenvalue weighted by atomic mass is 19.2. The minimum Gasteiger partial charge on any atom is -0.490 e. The minimum absolute atomic E-state index is 0.0526. The van der Waals surface area contributed by atoms with Crippen LogP contribution in [0.2, 0.25) is 0 Å². The molecule has 228 valence electrons. The van der Waals surface area contributed by atoms with Crippen molar-refractivity contribution >= 4 is 5.57 Å². The Hall–Kier alpha value is -3.27. The van der Waals surface area contributed by atoms with E-state index in [0.717, 1.165) is 67.6 Å². The number of ether oxygens (including phenoxy) is 1. The van der Waals surface area contributed by atoms with Crippen LogP contribution in [-0.4, -0.2) is 6.61 Å². The van der Waals surface area contributed by atoms with Crippen molar-refractivity contribution in [2.45, 2.75) is 84.0 Å². The molecule has 1 nitrogen and oxygen atoms in total. The second-order valence-corrected chi connectivity index (χ2v) is 12.4. The highest BCUT2D eigenvalue weighted by Crippen LogP contribution is 2.42. The van der Waals surface area contributed by atoms with Crippen molar-refractivity contribution in [1.82, 2.24) is 0 Å². The second kappa shape index (κ2) is 14.9. The summed E-state index contributed by atoms with van der Waals surface area (Å²) in [5, 5.41) is 0. The van der Waals surface area contributed by atoms with Crippen LogP contribution in [0.15, 0.2) is 73.3 Å². The quantitative estimate of drug-likeness (QED) is 0.151. The molecule has 0 heterocycles. The van der Waals surface area contributed by atoms with Gasteiger partial charge in [0.2, 0.25) is 5.82 Å². The first-order valence-corrected chi connectivity index (χ1v) is 16.3. The lowest BCUT2D eigenvalue weighted by molar-refractivity contribution is 0.212. The Labute approximate surface area is 255 Å². The molecule has 2 aliphatic carbocycles. The molecule has 0 saturated heterocycles. The van der Waals surface area contributed by atoms with E-state index in [9.17, 15) is 8.78 Å². The summed E-state index contributed by atoms with van der Waals surface area (Å²) in [7, 11) is 0. The summed E-state index contributed by atoms with van der Waals surface area (Å²) >= 11 is 0. The summed E-state index contributed by atoms with van der Waals surface area (Å²) in [5.41, 5.74) is 4.12. The second-order valence-electron chi connectivity index (χ2n) is 12.4. The minimum atomic E-state index is -0.962. The van der Waals surface area contributed by atoms with Crippen molar-refractivity contribution in [3.63, 3.8) is 0 Å². The van der Waals surface area contributed by atoms with Crippen LogP contribution in [0.3, 0.4) is 0 Å². The third kappa shape index (κ3) is 7.63.